The number of rotatable bonds is 4. The fourth-order valence-corrected chi connectivity index (χ4v) is 0.886. The first-order valence-corrected chi connectivity index (χ1v) is 3.55. The second kappa shape index (κ2) is 4.51. The normalized spacial score (nSPS) is 9.42. The summed E-state index contributed by atoms with van der Waals surface area (Å²) in [5.41, 5.74) is 1.05. The van der Waals surface area contributed by atoms with Crippen LogP contribution in [-0.4, -0.2) is 13.6 Å². The molecular weight excluding hydrogens is 156 g/mol. The van der Waals surface area contributed by atoms with Crippen molar-refractivity contribution in [3.8, 4) is 5.75 Å². The summed E-state index contributed by atoms with van der Waals surface area (Å²) in [5, 5.41) is 0. The smallest absolute Gasteiger partial charge is 0.298 e. The van der Waals surface area contributed by atoms with Crippen LogP contribution in [0.2, 0.25) is 0 Å². The molecule has 0 unspecified atom stereocenters. The predicted octanol–water partition coefficient (Wildman–Crippen LogP) is 1.37. The SMILES string of the molecule is COCc1ccc(OC=O)cc1. The van der Waals surface area contributed by atoms with Gasteiger partial charge in [0, 0.05) is 7.11 Å². The standard InChI is InChI=1S/C9H10O3/c1-11-6-8-2-4-9(5-3-8)12-7-10/h2-5,7H,6H2,1H3. The second-order valence-electron chi connectivity index (χ2n) is 2.29. The zero-order valence-corrected chi connectivity index (χ0v) is 6.82. The Labute approximate surface area is 70.9 Å². The Morgan fingerprint density at radius 3 is 2.50 bits per heavy atom. The molecule has 0 spiro atoms. The highest BCUT2D eigenvalue weighted by atomic mass is 16.5. The van der Waals surface area contributed by atoms with Gasteiger partial charge in [0.15, 0.2) is 0 Å². The molecule has 0 saturated heterocycles. The largest absolute Gasteiger partial charge is 0.429 e. The number of hydrogen-bond acceptors (Lipinski definition) is 3. The van der Waals surface area contributed by atoms with Crippen molar-refractivity contribution in [3.05, 3.63) is 29.8 Å². The van der Waals surface area contributed by atoms with Crippen molar-refractivity contribution in [2.45, 2.75) is 6.61 Å². The minimum atomic E-state index is 0.408. The maximum atomic E-state index is 9.94. The number of hydrogen-bond donors (Lipinski definition) is 0. The third-order valence-electron chi connectivity index (χ3n) is 1.42. The molecule has 64 valence electrons. The van der Waals surface area contributed by atoms with Crippen molar-refractivity contribution in [1.82, 2.24) is 0 Å². The summed E-state index contributed by atoms with van der Waals surface area (Å²) in [6.45, 7) is 0.979. The highest BCUT2D eigenvalue weighted by molar-refractivity contribution is 5.45. The molecule has 1 aromatic rings. The molecule has 0 heterocycles. The zero-order chi connectivity index (χ0) is 8.81. The number of carbonyl (C=O) groups is 1. The Kier molecular flexibility index (Phi) is 3.29. The van der Waals surface area contributed by atoms with Gasteiger partial charge in [-0.3, -0.25) is 4.79 Å². The summed E-state index contributed by atoms with van der Waals surface area (Å²) in [5.74, 6) is 0.546. The molecule has 3 heteroatoms. The molecule has 0 atom stereocenters. The summed E-state index contributed by atoms with van der Waals surface area (Å²) in [7, 11) is 1.63. The van der Waals surface area contributed by atoms with E-state index in [0.717, 1.165) is 5.56 Å². The Bertz CT molecular complexity index is 240. The second-order valence-corrected chi connectivity index (χ2v) is 2.29. The molecule has 0 radical (unpaired) electrons. The molecule has 0 bridgehead atoms. The fraction of sp³-hybridized carbons (Fsp3) is 0.222. The van der Waals surface area contributed by atoms with Crippen molar-refractivity contribution in [3.63, 3.8) is 0 Å². The van der Waals surface area contributed by atoms with Gasteiger partial charge in [-0.2, -0.15) is 0 Å². The van der Waals surface area contributed by atoms with Gasteiger partial charge in [0.1, 0.15) is 5.75 Å². The van der Waals surface area contributed by atoms with E-state index in [1.807, 2.05) is 12.1 Å². The van der Waals surface area contributed by atoms with Crippen LogP contribution >= 0.6 is 0 Å². The maximum absolute atomic E-state index is 9.94. The lowest BCUT2D eigenvalue weighted by Gasteiger charge is -2.00. The Morgan fingerprint density at radius 1 is 1.33 bits per heavy atom. The molecular formula is C9H10O3. The van der Waals surface area contributed by atoms with E-state index in [4.69, 9.17) is 4.74 Å². The van der Waals surface area contributed by atoms with E-state index in [2.05, 4.69) is 4.74 Å². The minimum absolute atomic E-state index is 0.408. The summed E-state index contributed by atoms with van der Waals surface area (Å²) in [6, 6.07) is 7.15. The number of benzene rings is 1. The average Bonchev–Trinajstić information content (AvgIpc) is 2.09. The molecule has 12 heavy (non-hydrogen) atoms. The van der Waals surface area contributed by atoms with Gasteiger partial charge in [-0.1, -0.05) is 12.1 Å². The van der Waals surface area contributed by atoms with Crippen molar-refractivity contribution >= 4 is 6.47 Å². The highest BCUT2D eigenvalue weighted by Crippen LogP contribution is 2.11. The van der Waals surface area contributed by atoms with E-state index in [1.54, 1.807) is 19.2 Å². The van der Waals surface area contributed by atoms with Crippen LogP contribution in [0.25, 0.3) is 0 Å². The lowest BCUT2D eigenvalue weighted by atomic mass is 10.2. The Morgan fingerprint density at radius 2 is 2.00 bits per heavy atom. The highest BCUT2D eigenvalue weighted by Gasteiger charge is 1.93. The lowest BCUT2D eigenvalue weighted by Crippen LogP contribution is -1.90. The van der Waals surface area contributed by atoms with Gasteiger partial charge >= 0.3 is 0 Å². The van der Waals surface area contributed by atoms with Gasteiger partial charge in [-0.15, -0.1) is 0 Å². The van der Waals surface area contributed by atoms with Crippen LogP contribution in [0.5, 0.6) is 5.75 Å². The molecule has 0 aliphatic rings. The van der Waals surface area contributed by atoms with Crippen LogP contribution in [-0.2, 0) is 16.1 Å². The molecule has 1 rings (SSSR count). The van der Waals surface area contributed by atoms with E-state index in [0.29, 0.717) is 18.8 Å². The zero-order valence-electron chi connectivity index (χ0n) is 6.82. The minimum Gasteiger partial charge on any atom is -0.429 e. The van der Waals surface area contributed by atoms with E-state index in [9.17, 15) is 4.79 Å². The molecule has 0 fully saturated rings. The number of carbonyl (C=O) groups excluding carboxylic acids is 1. The monoisotopic (exact) mass is 166 g/mol. The number of methoxy groups -OCH3 is 1. The lowest BCUT2D eigenvalue weighted by molar-refractivity contribution is -0.120. The van der Waals surface area contributed by atoms with Crippen LogP contribution < -0.4 is 4.74 Å². The Balaban J connectivity index is 2.64. The first-order valence-electron chi connectivity index (χ1n) is 3.55. The van der Waals surface area contributed by atoms with Gasteiger partial charge in [0.25, 0.3) is 6.47 Å². The summed E-state index contributed by atoms with van der Waals surface area (Å²) in [4.78, 5) is 9.94. The van der Waals surface area contributed by atoms with Crippen molar-refractivity contribution in [2.24, 2.45) is 0 Å². The van der Waals surface area contributed by atoms with Crippen molar-refractivity contribution in [2.75, 3.05) is 7.11 Å². The van der Waals surface area contributed by atoms with E-state index < -0.39 is 0 Å². The van der Waals surface area contributed by atoms with Gasteiger partial charge in [0.05, 0.1) is 6.61 Å². The molecule has 0 N–H and O–H groups in total. The van der Waals surface area contributed by atoms with Gasteiger partial charge in [-0.25, -0.2) is 0 Å². The molecule has 1 aromatic carbocycles. The van der Waals surface area contributed by atoms with Gasteiger partial charge in [0.2, 0.25) is 0 Å². The van der Waals surface area contributed by atoms with E-state index >= 15 is 0 Å². The van der Waals surface area contributed by atoms with Crippen molar-refractivity contribution in [1.29, 1.82) is 0 Å². The quantitative estimate of drug-likeness (QED) is 0.633. The predicted molar refractivity (Wildman–Crippen MR) is 43.8 cm³/mol. The van der Waals surface area contributed by atoms with Crippen LogP contribution in [0, 0.1) is 0 Å². The summed E-state index contributed by atoms with van der Waals surface area (Å²) in [6.07, 6.45) is 0. The van der Waals surface area contributed by atoms with Gasteiger partial charge in [-0.05, 0) is 17.7 Å². The Hall–Kier alpha value is -1.35. The molecule has 0 aliphatic carbocycles. The van der Waals surface area contributed by atoms with Crippen LogP contribution in [0.3, 0.4) is 0 Å². The average molecular weight is 166 g/mol. The third kappa shape index (κ3) is 2.36. The van der Waals surface area contributed by atoms with Crippen LogP contribution in [0.1, 0.15) is 5.56 Å². The first kappa shape index (κ1) is 8.74. The van der Waals surface area contributed by atoms with Crippen LogP contribution in [0.15, 0.2) is 24.3 Å². The third-order valence-corrected chi connectivity index (χ3v) is 1.42. The van der Waals surface area contributed by atoms with Crippen molar-refractivity contribution < 1.29 is 14.3 Å². The van der Waals surface area contributed by atoms with Gasteiger partial charge < -0.3 is 9.47 Å². The number of ether oxygens (including phenoxy) is 2. The molecule has 0 aromatic heterocycles. The summed E-state index contributed by atoms with van der Waals surface area (Å²) >= 11 is 0. The molecule has 0 aliphatic heterocycles. The first-order chi connectivity index (χ1) is 5.86. The molecule has 0 amide bonds. The fourth-order valence-electron chi connectivity index (χ4n) is 0.886. The van der Waals surface area contributed by atoms with E-state index in [-0.39, 0.29) is 0 Å². The summed E-state index contributed by atoms with van der Waals surface area (Å²) < 4.78 is 9.53. The molecule has 0 saturated carbocycles. The topological polar surface area (TPSA) is 35.5 Å². The maximum Gasteiger partial charge on any atom is 0.298 e. The molecule has 3 nitrogen and oxygen atoms in total. The van der Waals surface area contributed by atoms with E-state index in [1.165, 1.54) is 0 Å². The van der Waals surface area contributed by atoms with Crippen LogP contribution in [0.4, 0.5) is 0 Å².